The first-order valence-corrected chi connectivity index (χ1v) is 8.97. The molecule has 0 fully saturated rings. The lowest BCUT2D eigenvalue weighted by molar-refractivity contribution is -0.119. The minimum atomic E-state index is -0.676. The van der Waals surface area contributed by atoms with Gasteiger partial charge < -0.3 is 14.8 Å². The van der Waals surface area contributed by atoms with Crippen LogP contribution in [0.25, 0.3) is 0 Å². The molecule has 29 heavy (non-hydrogen) atoms. The first kappa shape index (κ1) is 20.1. The van der Waals surface area contributed by atoms with Crippen LogP contribution in [0.15, 0.2) is 72.8 Å². The molecule has 0 radical (unpaired) electrons. The molecule has 7 heteroatoms. The number of esters is 1. The Hall–Kier alpha value is -3.64. The van der Waals surface area contributed by atoms with Gasteiger partial charge in [-0.2, -0.15) is 0 Å². The van der Waals surface area contributed by atoms with E-state index < -0.39 is 18.5 Å². The van der Waals surface area contributed by atoms with Crippen molar-refractivity contribution in [1.29, 1.82) is 0 Å². The Labute approximate surface area is 172 Å². The normalized spacial score (nSPS) is 10.1. The summed E-state index contributed by atoms with van der Waals surface area (Å²) >= 11 is 6.02. The molecule has 1 amide bonds. The van der Waals surface area contributed by atoms with Gasteiger partial charge in [-0.3, -0.25) is 9.59 Å². The zero-order valence-corrected chi connectivity index (χ0v) is 15.9. The van der Waals surface area contributed by atoms with Crippen LogP contribution in [0, 0.1) is 0 Å². The minimum Gasteiger partial charge on any atom is -0.455 e. The number of anilines is 1. The largest absolute Gasteiger partial charge is 0.455 e. The van der Waals surface area contributed by atoms with Crippen LogP contribution < -0.4 is 10.1 Å². The van der Waals surface area contributed by atoms with Gasteiger partial charge >= 0.3 is 5.97 Å². The molecule has 0 atom stereocenters. The molecule has 1 N–H and O–H groups in total. The monoisotopic (exact) mass is 409 g/mol. The zero-order chi connectivity index (χ0) is 20.6. The molecule has 6 nitrogen and oxygen atoms in total. The lowest BCUT2D eigenvalue weighted by Crippen LogP contribution is -2.21. The molecule has 3 aromatic carbocycles. The summed E-state index contributed by atoms with van der Waals surface area (Å²) in [6.45, 7) is -0.494. The summed E-state index contributed by atoms with van der Waals surface area (Å²) in [5, 5.41) is 3.03. The van der Waals surface area contributed by atoms with Crippen molar-refractivity contribution in [3.63, 3.8) is 0 Å². The molecule has 146 valence electrons. The number of halogens is 1. The molecule has 0 spiro atoms. The van der Waals surface area contributed by atoms with Crippen LogP contribution in [-0.4, -0.2) is 24.8 Å². The van der Waals surface area contributed by atoms with Crippen LogP contribution in [0.5, 0.6) is 11.5 Å². The van der Waals surface area contributed by atoms with Crippen molar-refractivity contribution in [1.82, 2.24) is 0 Å². The second-order valence-corrected chi connectivity index (χ2v) is 6.36. The summed E-state index contributed by atoms with van der Waals surface area (Å²) < 4.78 is 10.8. The second-order valence-electron chi connectivity index (χ2n) is 5.92. The van der Waals surface area contributed by atoms with E-state index >= 15 is 0 Å². The molecule has 0 aliphatic rings. The molecule has 3 rings (SSSR count). The van der Waals surface area contributed by atoms with Crippen LogP contribution >= 0.6 is 11.6 Å². The predicted octanol–water partition coefficient (Wildman–Crippen LogP) is 4.74. The first-order chi connectivity index (χ1) is 14.0. The van der Waals surface area contributed by atoms with Gasteiger partial charge in [0, 0.05) is 10.6 Å². The number of carbonyl (C=O) groups is 3. The summed E-state index contributed by atoms with van der Waals surface area (Å²) in [7, 11) is 0. The Morgan fingerprint density at radius 2 is 1.69 bits per heavy atom. The summed E-state index contributed by atoms with van der Waals surface area (Å²) in [4.78, 5) is 34.9. The van der Waals surface area contributed by atoms with Gasteiger partial charge in [0.2, 0.25) is 0 Å². The van der Waals surface area contributed by atoms with Crippen LogP contribution in [-0.2, 0) is 9.53 Å². The molecule has 0 aliphatic carbocycles. The third-order valence-corrected chi connectivity index (χ3v) is 4.04. The van der Waals surface area contributed by atoms with Gasteiger partial charge in [0.05, 0.1) is 11.3 Å². The van der Waals surface area contributed by atoms with E-state index in [1.54, 1.807) is 24.3 Å². The maximum atomic E-state index is 12.2. The molecule has 0 saturated heterocycles. The van der Waals surface area contributed by atoms with E-state index in [9.17, 15) is 14.4 Å². The number of carbonyl (C=O) groups excluding carboxylic acids is 3. The molecular weight excluding hydrogens is 394 g/mol. The highest BCUT2D eigenvalue weighted by Gasteiger charge is 2.13. The maximum absolute atomic E-state index is 12.2. The lowest BCUT2D eigenvalue weighted by atomic mass is 10.1. The van der Waals surface area contributed by atoms with Gasteiger partial charge in [0.15, 0.2) is 12.4 Å². The number of ether oxygens (including phenoxy) is 2. The van der Waals surface area contributed by atoms with E-state index in [4.69, 9.17) is 21.1 Å². The van der Waals surface area contributed by atoms with E-state index in [1.807, 2.05) is 18.2 Å². The van der Waals surface area contributed by atoms with Crippen LogP contribution in [0.1, 0.15) is 20.7 Å². The van der Waals surface area contributed by atoms with Crippen LogP contribution in [0.2, 0.25) is 5.02 Å². The fourth-order valence-corrected chi connectivity index (χ4v) is 2.57. The Bertz CT molecular complexity index is 1020. The number of nitrogens with one attached hydrogen (secondary N) is 1. The summed E-state index contributed by atoms with van der Waals surface area (Å²) in [5.74, 6) is -0.243. The second kappa shape index (κ2) is 9.52. The maximum Gasteiger partial charge on any atom is 0.338 e. The van der Waals surface area contributed by atoms with Crippen molar-refractivity contribution >= 4 is 35.5 Å². The highest BCUT2D eigenvalue weighted by molar-refractivity contribution is 6.31. The lowest BCUT2D eigenvalue weighted by Gasteiger charge is -2.13. The molecule has 0 unspecified atom stereocenters. The third kappa shape index (κ3) is 5.67. The van der Waals surface area contributed by atoms with Gasteiger partial charge in [-0.1, -0.05) is 41.9 Å². The quantitative estimate of drug-likeness (QED) is 0.450. The molecule has 0 aromatic heterocycles. The van der Waals surface area contributed by atoms with Crippen molar-refractivity contribution in [2.24, 2.45) is 0 Å². The van der Waals surface area contributed by atoms with E-state index in [0.29, 0.717) is 34.1 Å². The van der Waals surface area contributed by atoms with Crippen LogP contribution in [0.3, 0.4) is 0 Å². The highest BCUT2D eigenvalue weighted by Crippen LogP contribution is 2.32. The van der Waals surface area contributed by atoms with E-state index in [2.05, 4.69) is 5.32 Å². The third-order valence-electron chi connectivity index (χ3n) is 3.80. The van der Waals surface area contributed by atoms with Gasteiger partial charge in [0.1, 0.15) is 12.0 Å². The Morgan fingerprint density at radius 3 is 2.38 bits per heavy atom. The SMILES string of the molecule is O=Cc1ccc(C(=O)OCC(=O)Nc2cc(Cl)ccc2Oc2ccccc2)cc1. The highest BCUT2D eigenvalue weighted by atomic mass is 35.5. The molecule has 0 saturated carbocycles. The topological polar surface area (TPSA) is 81.7 Å². The van der Waals surface area contributed by atoms with Crippen molar-refractivity contribution in [2.45, 2.75) is 0 Å². The number of para-hydroxylation sites is 1. The molecule has 3 aromatic rings. The van der Waals surface area contributed by atoms with E-state index in [-0.39, 0.29) is 5.56 Å². The summed E-state index contributed by atoms with van der Waals surface area (Å²) in [6, 6.07) is 19.7. The van der Waals surface area contributed by atoms with Gasteiger partial charge in [0.25, 0.3) is 5.91 Å². The van der Waals surface area contributed by atoms with Crippen molar-refractivity contribution in [3.8, 4) is 11.5 Å². The average Bonchev–Trinajstić information content (AvgIpc) is 2.75. The Kier molecular flexibility index (Phi) is 6.60. The van der Waals surface area contributed by atoms with Crippen molar-refractivity contribution in [3.05, 3.63) is 88.9 Å². The average molecular weight is 410 g/mol. The number of rotatable bonds is 7. The van der Waals surface area contributed by atoms with Gasteiger partial charge in [-0.05, 0) is 42.5 Å². The van der Waals surface area contributed by atoms with E-state index in [0.717, 1.165) is 0 Å². The van der Waals surface area contributed by atoms with Crippen LogP contribution in [0.4, 0.5) is 5.69 Å². The van der Waals surface area contributed by atoms with E-state index in [1.165, 1.54) is 30.3 Å². The number of hydrogen-bond acceptors (Lipinski definition) is 5. The number of benzene rings is 3. The van der Waals surface area contributed by atoms with Crippen molar-refractivity contribution in [2.75, 3.05) is 11.9 Å². The summed E-state index contributed by atoms with van der Waals surface area (Å²) in [5.41, 5.74) is 1.02. The molecule has 0 bridgehead atoms. The molecule has 0 aliphatic heterocycles. The van der Waals surface area contributed by atoms with Crippen molar-refractivity contribution < 1.29 is 23.9 Å². The zero-order valence-electron chi connectivity index (χ0n) is 15.1. The fourth-order valence-electron chi connectivity index (χ4n) is 2.40. The van der Waals surface area contributed by atoms with Gasteiger partial charge in [-0.25, -0.2) is 4.79 Å². The predicted molar refractivity (Wildman–Crippen MR) is 109 cm³/mol. The standard InChI is InChI=1S/C22H16ClNO5/c23-17-10-11-20(29-18-4-2-1-3-5-18)19(12-17)24-21(26)14-28-22(27)16-8-6-15(13-25)7-9-16/h1-13H,14H2,(H,24,26). The minimum absolute atomic E-state index is 0.235. The number of hydrogen-bond donors (Lipinski definition) is 1. The number of amides is 1. The Balaban J connectivity index is 1.63. The molecule has 0 heterocycles. The number of aldehydes is 1. The Morgan fingerprint density at radius 1 is 0.966 bits per heavy atom. The molecular formula is C22H16ClNO5. The fraction of sp³-hybridized carbons (Fsp3) is 0.0455. The summed E-state index contributed by atoms with van der Waals surface area (Å²) in [6.07, 6.45) is 0.669. The van der Waals surface area contributed by atoms with Gasteiger partial charge in [-0.15, -0.1) is 0 Å². The first-order valence-electron chi connectivity index (χ1n) is 8.60. The smallest absolute Gasteiger partial charge is 0.338 e.